The molecule has 8 nitrogen and oxygen atoms in total. The predicted octanol–water partition coefficient (Wildman–Crippen LogP) is 1.85. The van der Waals surface area contributed by atoms with E-state index in [0.29, 0.717) is 16.5 Å². The molecule has 0 atom stereocenters. The van der Waals surface area contributed by atoms with Crippen molar-refractivity contribution in [3.8, 4) is 5.75 Å². The topological polar surface area (TPSA) is 107 Å². The van der Waals surface area contributed by atoms with Crippen molar-refractivity contribution in [1.82, 2.24) is 5.32 Å². The first kappa shape index (κ1) is 18.3. The Hall–Kier alpha value is -3.00. The third-order valence-corrected chi connectivity index (χ3v) is 3.17. The zero-order chi connectivity index (χ0) is 18.2. The van der Waals surface area contributed by atoms with E-state index >= 15 is 0 Å². The molecule has 0 aliphatic heterocycles. The Morgan fingerprint density at radius 2 is 2.04 bits per heavy atom. The smallest absolute Gasteiger partial charge is 0.325 e. The van der Waals surface area contributed by atoms with E-state index in [4.69, 9.17) is 25.5 Å². The van der Waals surface area contributed by atoms with Crippen LogP contribution in [0.3, 0.4) is 0 Å². The van der Waals surface area contributed by atoms with Crippen molar-refractivity contribution in [2.24, 2.45) is 0 Å². The summed E-state index contributed by atoms with van der Waals surface area (Å²) in [6.07, 6.45) is 1.34. The monoisotopic (exact) mass is 366 g/mol. The molecule has 1 aromatic carbocycles. The summed E-state index contributed by atoms with van der Waals surface area (Å²) in [6.45, 7) is -0.918. The number of hydrogen-bond donors (Lipinski definition) is 2. The molecule has 0 saturated carbocycles. The Labute approximate surface area is 148 Å². The van der Waals surface area contributed by atoms with Crippen LogP contribution in [-0.2, 0) is 14.3 Å². The van der Waals surface area contributed by atoms with E-state index in [2.05, 4.69) is 10.6 Å². The minimum Gasteiger partial charge on any atom is -0.495 e. The maximum Gasteiger partial charge on any atom is 0.325 e. The fraction of sp³-hybridized carbons (Fsp3) is 0.188. The fourth-order valence-electron chi connectivity index (χ4n) is 1.81. The van der Waals surface area contributed by atoms with Crippen molar-refractivity contribution < 1.29 is 28.3 Å². The number of nitrogens with one attached hydrogen (secondary N) is 2. The van der Waals surface area contributed by atoms with E-state index in [1.807, 2.05) is 0 Å². The van der Waals surface area contributed by atoms with Gasteiger partial charge in [-0.25, -0.2) is 0 Å². The minimum absolute atomic E-state index is 0.0681. The standard InChI is InChI=1S/C16H15ClN2O6/c1-23-12-5-4-10(17)7-11(12)19-14(20)9-25-15(21)8-18-16(22)13-3-2-6-24-13/h2-7H,8-9H2,1H3,(H,18,22)(H,19,20). The van der Waals surface area contributed by atoms with Crippen molar-refractivity contribution in [3.05, 3.63) is 47.4 Å². The lowest BCUT2D eigenvalue weighted by Crippen LogP contribution is -2.32. The number of benzene rings is 1. The first-order chi connectivity index (χ1) is 12.0. The zero-order valence-electron chi connectivity index (χ0n) is 13.2. The molecule has 25 heavy (non-hydrogen) atoms. The van der Waals surface area contributed by atoms with Crippen molar-refractivity contribution >= 4 is 35.1 Å². The second-order valence-corrected chi connectivity index (χ2v) is 5.15. The predicted molar refractivity (Wildman–Crippen MR) is 88.6 cm³/mol. The second kappa shape index (κ2) is 8.74. The third kappa shape index (κ3) is 5.54. The van der Waals surface area contributed by atoms with Gasteiger partial charge >= 0.3 is 5.97 Å². The number of ether oxygens (including phenoxy) is 2. The lowest BCUT2D eigenvalue weighted by atomic mass is 10.3. The van der Waals surface area contributed by atoms with Gasteiger partial charge < -0.3 is 24.5 Å². The van der Waals surface area contributed by atoms with Gasteiger partial charge in [0.15, 0.2) is 12.4 Å². The number of carbonyl (C=O) groups excluding carboxylic acids is 3. The minimum atomic E-state index is -0.770. The van der Waals surface area contributed by atoms with Crippen LogP contribution in [0.25, 0.3) is 0 Å². The largest absolute Gasteiger partial charge is 0.495 e. The molecule has 0 spiro atoms. The van der Waals surface area contributed by atoms with Gasteiger partial charge in [-0.2, -0.15) is 0 Å². The van der Waals surface area contributed by atoms with Gasteiger partial charge in [0.1, 0.15) is 12.3 Å². The highest BCUT2D eigenvalue weighted by Gasteiger charge is 2.13. The molecule has 0 saturated heterocycles. The highest BCUT2D eigenvalue weighted by molar-refractivity contribution is 6.31. The number of methoxy groups -OCH3 is 1. The van der Waals surface area contributed by atoms with Crippen LogP contribution in [0.2, 0.25) is 5.02 Å². The number of anilines is 1. The number of rotatable bonds is 7. The Kier molecular flexibility index (Phi) is 6.41. The number of hydrogen-bond acceptors (Lipinski definition) is 6. The Bertz CT molecular complexity index is 760. The summed E-state index contributed by atoms with van der Waals surface area (Å²) >= 11 is 5.86. The number of furan rings is 1. The van der Waals surface area contributed by atoms with Crippen LogP contribution in [-0.4, -0.2) is 38.0 Å². The normalized spacial score (nSPS) is 10.0. The van der Waals surface area contributed by atoms with Gasteiger partial charge in [0.2, 0.25) is 0 Å². The summed E-state index contributed by atoms with van der Waals surface area (Å²) in [7, 11) is 1.45. The van der Waals surface area contributed by atoms with Gasteiger partial charge in [-0.15, -0.1) is 0 Å². The van der Waals surface area contributed by atoms with Crippen molar-refractivity contribution in [3.63, 3.8) is 0 Å². The maximum absolute atomic E-state index is 11.8. The van der Waals surface area contributed by atoms with Gasteiger partial charge in [0.25, 0.3) is 11.8 Å². The van der Waals surface area contributed by atoms with Gasteiger partial charge in [-0.1, -0.05) is 11.6 Å². The molecule has 0 bridgehead atoms. The highest BCUT2D eigenvalue weighted by atomic mass is 35.5. The molecule has 0 aliphatic carbocycles. The molecule has 2 amide bonds. The van der Waals surface area contributed by atoms with Crippen LogP contribution < -0.4 is 15.4 Å². The summed E-state index contributed by atoms with van der Waals surface area (Å²) in [5.41, 5.74) is 0.349. The molecule has 1 heterocycles. The van der Waals surface area contributed by atoms with Crippen molar-refractivity contribution in [2.45, 2.75) is 0 Å². The second-order valence-electron chi connectivity index (χ2n) is 4.71. The molecular weight excluding hydrogens is 352 g/mol. The lowest BCUT2D eigenvalue weighted by molar-refractivity contribution is -0.146. The Morgan fingerprint density at radius 3 is 2.72 bits per heavy atom. The first-order valence-corrected chi connectivity index (χ1v) is 7.48. The average molecular weight is 367 g/mol. The van der Waals surface area contributed by atoms with Crippen LogP contribution in [0.15, 0.2) is 41.0 Å². The summed E-state index contributed by atoms with van der Waals surface area (Å²) in [5.74, 6) is -1.43. The van der Waals surface area contributed by atoms with Crippen LogP contribution in [0, 0.1) is 0 Å². The molecule has 0 fully saturated rings. The molecule has 2 N–H and O–H groups in total. The quantitative estimate of drug-likeness (QED) is 0.724. The van der Waals surface area contributed by atoms with Gasteiger partial charge in [-0.3, -0.25) is 14.4 Å². The van der Waals surface area contributed by atoms with Crippen molar-refractivity contribution in [2.75, 3.05) is 25.6 Å². The average Bonchev–Trinajstić information content (AvgIpc) is 3.13. The van der Waals surface area contributed by atoms with Gasteiger partial charge in [0.05, 0.1) is 19.1 Å². The van der Waals surface area contributed by atoms with Crippen LogP contribution >= 0.6 is 11.6 Å². The molecule has 1 aromatic heterocycles. The van der Waals surface area contributed by atoms with E-state index in [1.165, 1.54) is 25.5 Å². The first-order valence-electron chi connectivity index (χ1n) is 7.10. The lowest BCUT2D eigenvalue weighted by Gasteiger charge is -2.11. The Morgan fingerprint density at radius 1 is 1.24 bits per heavy atom. The maximum atomic E-state index is 11.8. The summed E-state index contributed by atoms with van der Waals surface area (Å²) in [4.78, 5) is 35.0. The van der Waals surface area contributed by atoms with E-state index in [-0.39, 0.29) is 5.76 Å². The summed E-state index contributed by atoms with van der Waals surface area (Å²) in [5, 5.41) is 5.24. The van der Waals surface area contributed by atoms with Crippen LogP contribution in [0.4, 0.5) is 5.69 Å². The number of esters is 1. The highest BCUT2D eigenvalue weighted by Crippen LogP contribution is 2.27. The molecular formula is C16H15ClN2O6. The summed E-state index contributed by atoms with van der Waals surface area (Å²) < 4.78 is 14.7. The van der Waals surface area contributed by atoms with E-state index in [9.17, 15) is 14.4 Å². The molecule has 0 radical (unpaired) electrons. The fourth-order valence-corrected chi connectivity index (χ4v) is 1.98. The molecule has 9 heteroatoms. The zero-order valence-corrected chi connectivity index (χ0v) is 14.0. The van der Waals surface area contributed by atoms with Crippen molar-refractivity contribution in [1.29, 1.82) is 0 Å². The van der Waals surface area contributed by atoms with E-state index in [0.717, 1.165) is 0 Å². The summed E-state index contributed by atoms with van der Waals surface area (Å²) in [6, 6.07) is 7.70. The third-order valence-electron chi connectivity index (χ3n) is 2.94. The van der Waals surface area contributed by atoms with Crippen LogP contribution in [0.1, 0.15) is 10.6 Å². The molecule has 2 aromatic rings. The van der Waals surface area contributed by atoms with Gasteiger partial charge in [0, 0.05) is 5.02 Å². The van der Waals surface area contributed by atoms with Crippen LogP contribution in [0.5, 0.6) is 5.75 Å². The molecule has 0 aliphatic rings. The van der Waals surface area contributed by atoms with E-state index in [1.54, 1.807) is 18.2 Å². The molecule has 0 unspecified atom stereocenters. The van der Waals surface area contributed by atoms with E-state index < -0.39 is 30.9 Å². The molecule has 132 valence electrons. The number of amides is 2. The number of carbonyl (C=O) groups is 3. The number of halogens is 1. The Balaban J connectivity index is 1.77. The van der Waals surface area contributed by atoms with Gasteiger partial charge in [-0.05, 0) is 30.3 Å². The SMILES string of the molecule is COc1ccc(Cl)cc1NC(=O)COC(=O)CNC(=O)c1ccco1. The molecule has 2 rings (SSSR count).